The monoisotopic (exact) mass is 643 g/mol. The Morgan fingerprint density at radius 3 is 1.98 bits per heavy atom. The Kier molecular flexibility index (Phi) is 10.9. The average Bonchev–Trinajstić information content (AvgIpc) is 3.40. The molecule has 2 heterocycles. The smallest absolute Gasteiger partial charge is 0.412 e. The van der Waals surface area contributed by atoms with Crippen molar-refractivity contribution in [3.8, 4) is 27.7 Å². The minimum Gasteiger partial charge on any atom is -0.492 e. The zero-order valence-electron chi connectivity index (χ0n) is 26.8. The summed E-state index contributed by atoms with van der Waals surface area (Å²) in [5.41, 5.74) is 1.87. The molecule has 2 amide bonds. The fourth-order valence-electron chi connectivity index (χ4n) is 5.31. The van der Waals surface area contributed by atoms with E-state index >= 15 is 0 Å². The molecule has 0 spiro atoms. The summed E-state index contributed by atoms with van der Waals surface area (Å²) < 4.78 is 17.7. The molecule has 46 heavy (non-hydrogen) atoms. The Labute approximate surface area is 273 Å². The summed E-state index contributed by atoms with van der Waals surface area (Å²) in [6.45, 7) is 11.2. The number of benzene rings is 3. The predicted octanol–water partition coefficient (Wildman–Crippen LogP) is 7.66. The molecular formula is C36H41N3O6S. The highest BCUT2D eigenvalue weighted by molar-refractivity contribution is 7.22. The van der Waals surface area contributed by atoms with Crippen LogP contribution in [0.25, 0.3) is 20.5 Å². The van der Waals surface area contributed by atoms with Crippen molar-refractivity contribution in [1.29, 1.82) is 0 Å². The van der Waals surface area contributed by atoms with E-state index in [4.69, 9.17) is 14.2 Å². The number of likely N-dealkylation sites (tertiary alicyclic amines) is 1. The number of rotatable bonds is 11. The molecule has 0 atom stereocenters. The molecule has 0 unspecified atom stereocenters. The number of ketones is 1. The molecule has 0 aliphatic carbocycles. The summed E-state index contributed by atoms with van der Waals surface area (Å²) in [5, 5.41) is 6.17. The minimum atomic E-state index is -0.544. The number of nitrogens with zero attached hydrogens (tertiary/aromatic N) is 1. The summed E-state index contributed by atoms with van der Waals surface area (Å²) >= 11 is 1.43. The molecule has 0 radical (unpaired) electrons. The topological polar surface area (TPSA) is 106 Å². The molecule has 3 aromatic carbocycles. The summed E-state index contributed by atoms with van der Waals surface area (Å²) in [4.78, 5) is 41.7. The summed E-state index contributed by atoms with van der Waals surface area (Å²) in [7, 11) is 0. The van der Waals surface area contributed by atoms with Gasteiger partial charge < -0.3 is 24.8 Å². The van der Waals surface area contributed by atoms with E-state index in [0.29, 0.717) is 29.2 Å². The second kappa shape index (κ2) is 15.2. The highest BCUT2D eigenvalue weighted by Crippen LogP contribution is 2.42. The number of carbonyl (C=O) groups is 3. The maximum Gasteiger partial charge on any atom is 0.412 e. The van der Waals surface area contributed by atoms with Crippen LogP contribution in [-0.2, 0) is 0 Å². The second-order valence-corrected chi connectivity index (χ2v) is 13.0. The van der Waals surface area contributed by atoms with Gasteiger partial charge in [0.2, 0.25) is 0 Å². The highest BCUT2D eigenvalue weighted by Gasteiger charge is 2.23. The molecule has 10 heteroatoms. The molecule has 1 fully saturated rings. The molecule has 1 saturated heterocycles. The van der Waals surface area contributed by atoms with Crippen LogP contribution in [0.15, 0.2) is 66.7 Å². The van der Waals surface area contributed by atoms with Crippen molar-refractivity contribution in [2.45, 2.75) is 59.0 Å². The van der Waals surface area contributed by atoms with E-state index in [0.717, 1.165) is 45.9 Å². The third kappa shape index (κ3) is 8.64. The van der Waals surface area contributed by atoms with Crippen molar-refractivity contribution in [2.24, 2.45) is 0 Å². The van der Waals surface area contributed by atoms with Gasteiger partial charge in [0, 0.05) is 44.7 Å². The lowest BCUT2D eigenvalue weighted by Crippen LogP contribution is -2.33. The maximum absolute atomic E-state index is 14.1. The number of carbonyl (C=O) groups excluding carboxylic acids is 3. The lowest BCUT2D eigenvalue weighted by atomic mass is 9.97. The van der Waals surface area contributed by atoms with Gasteiger partial charge >= 0.3 is 12.2 Å². The van der Waals surface area contributed by atoms with Crippen LogP contribution in [0.5, 0.6) is 17.2 Å². The second-order valence-electron chi connectivity index (χ2n) is 12.0. The Bertz CT molecular complexity index is 1660. The number of thiophene rings is 1. The van der Waals surface area contributed by atoms with Crippen LogP contribution >= 0.6 is 11.3 Å². The first-order chi connectivity index (χ1) is 22.2. The third-order valence-electron chi connectivity index (χ3n) is 7.48. The normalized spacial score (nSPS) is 13.5. The van der Waals surface area contributed by atoms with E-state index in [1.807, 2.05) is 58.0 Å². The lowest BCUT2D eigenvalue weighted by Gasteiger charge is -2.26. The van der Waals surface area contributed by atoms with Gasteiger partial charge in [-0.1, -0.05) is 6.42 Å². The molecule has 9 nitrogen and oxygen atoms in total. The van der Waals surface area contributed by atoms with Crippen molar-refractivity contribution < 1.29 is 28.6 Å². The fraction of sp³-hybridized carbons (Fsp3) is 0.361. The van der Waals surface area contributed by atoms with Gasteiger partial charge in [-0.05, 0) is 126 Å². The average molecular weight is 644 g/mol. The molecule has 5 rings (SSSR count). The Hall–Kier alpha value is -4.41. The number of hydrogen-bond acceptors (Lipinski definition) is 8. The predicted molar refractivity (Wildman–Crippen MR) is 182 cm³/mol. The Morgan fingerprint density at radius 2 is 1.35 bits per heavy atom. The fourth-order valence-corrected chi connectivity index (χ4v) is 6.54. The first kappa shape index (κ1) is 33.0. The quantitative estimate of drug-likeness (QED) is 0.162. The van der Waals surface area contributed by atoms with Gasteiger partial charge in [0.1, 0.15) is 23.9 Å². The minimum absolute atomic E-state index is 0.0515. The van der Waals surface area contributed by atoms with Crippen LogP contribution in [0.3, 0.4) is 0 Å². The zero-order valence-corrected chi connectivity index (χ0v) is 27.6. The standard InChI is InChI=1S/C36H41N3O6S/c1-23(2)37-35(41)44-28-14-10-26(11-15-28)34-32(30-17-16-29(22-31(30)46-34)45-36(42)38-24(3)4)33(40)25-8-12-27(13-9-25)43-21-20-39-18-6-5-7-19-39/h8-17,22-24H,5-7,18-21H2,1-4H3,(H,37,41)(H,38,42). The molecule has 1 aromatic heterocycles. The number of fused-ring (bicyclic) bond motifs is 1. The van der Waals surface area contributed by atoms with Crippen molar-refractivity contribution in [3.05, 3.63) is 77.9 Å². The molecular weight excluding hydrogens is 602 g/mol. The third-order valence-corrected chi connectivity index (χ3v) is 8.68. The lowest BCUT2D eigenvalue weighted by molar-refractivity contribution is 0.104. The van der Waals surface area contributed by atoms with E-state index in [2.05, 4.69) is 15.5 Å². The van der Waals surface area contributed by atoms with Crippen LogP contribution in [0, 0.1) is 0 Å². The molecule has 0 bridgehead atoms. The molecule has 2 N–H and O–H groups in total. The zero-order chi connectivity index (χ0) is 32.6. The van der Waals surface area contributed by atoms with Crippen molar-refractivity contribution in [1.82, 2.24) is 15.5 Å². The van der Waals surface area contributed by atoms with Crippen molar-refractivity contribution in [3.63, 3.8) is 0 Å². The van der Waals surface area contributed by atoms with Crippen LogP contribution < -0.4 is 24.8 Å². The molecule has 1 aliphatic rings. The van der Waals surface area contributed by atoms with E-state index in [9.17, 15) is 14.4 Å². The van der Waals surface area contributed by atoms with Crippen molar-refractivity contribution >= 4 is 39.4 Å². The first-order valence-corrected chi connectivity index (χ1v) is 16.6. The SMILES string of the molecule is CC(C)NC(=O)Oc1ccc(-c2sc3cc(OC(=O)NC(C)C)ccc3c2C(=O)c2ccc(OCCN3CCCCC3)cc2)cc1. The van der Waals surface area contributed by atoms with Crippen molar-refractivity contribution in [2.75, 3.05) is 26.2 Å². The van der Waals surface area contributed by atoms with Crippen LogP contribution in [0.2, 0.25) is 0 Å². The van der Waals surface area contributed by atoms with Gasteiger partial charge in [-0.3, -0.25) is 9.69 Å². The largest absolute Gasteiger partial charge is 0.492 e. The Balaban J connectivity index is 1.40. The summed E-state index contributed by atoms with van der Waals surface area (Å²) in [5.74, 6) is 1.36. The van der Waals surface area contributed by atoms with Gasteiger partial charge in [0.05, 0.1) is 0 Å². The van der Waals surface area contributed by atoms with Gasteiger partial charge in [-0.2, -0.15) is 0 Å². The van der Waals surface area contributed by atoms with E-state index in [1.54, 1.807) is 36.4 Å². The van der Waals surface area contributed by atoms with Crippen LogP contribution in [0.1, 0.15) is 62.9 Å². The van der Waals surface area contributed by atoms with E-state index in [1.165, 1.54) is 30.6 Å². The van der Waals surface area contributed by atoms with Gasteiger partial charge in [0.15, 0.2) is 5.78 Å². The Morgan fingerprint density at radius 1 is 0.761 bits per heavy atom. The molecule has 1 aliphatic heterocycles. The number of hydrogen-bond donors (Lipinski definition) is 2. The van der Waals surface area contributed by atoms with E-state index < -0.39 is 12.2 Å². The highest BCUT2D eigenvalue weighted by atomic mass is 32.1. The number of amides is 2. The van der Waals surface area contributed by atoms with Gasteiger partial charge in [-0.25, -0.2) is 9.59 Å². The molecule has 4 aromatic rings. The summed E-state index contributed by atoms with van der Waals surface area (Å²) in [6, 6.07) is 19.5. The molecule has 0 saturated carbocycles. The number of ether oxygens (including phenoxy) is 3. The van der Waals surface area contributed by atoms with Crippen LogP contribution in [-0.4, -0.2) is 61.2 Å². The van der Waals surface area contributed by atoms with E-state index in [-0.39, 0.29) is 17.9 Å². The van der Waals surface area contributed by atoms with Gasteiger partial charge in [-0.15, -0.1) is 11.3 Å². The van der Waals surface area contributed by atoms with Gasteiger partial charge in [0.25, 0.3) is 0 Å². The molecule has 242 valence electrons. The summed E-state index contributed by atoms with van der Waals surface area (Å²) in [6.07, 6.45) is 2.71. The first-order valence-electron chi connectivity index (χ1n) is 15.8. The van der Waals surface area contributed by atoms with Crippen LogP contribution in [0.4, 0.5) is 9.59 Å². The maximum atomic E-state index is 14.1. The number of nitrogens with one attached hydrogen (secondary N) is 2. The number of piperidine rings is 1.